The van der Waals surface area contributed by atoms with E-state index in [1.807, 2.05) is 6.92 Å². The van der Waals surface area contributed by atoms with Gasteiger partial charge in [-0.2, -0.15) is 0 Å². The monoisotopic (exact) mass is 340 g/mol. The predicted molar refractivity (Wildman–Crippen MR) is 68.3 cm³/mol. The topological polar surface area (TPSA) is 52.6 Å². The molecular formula is C10H10BrClO4S. The van der Waals surface area contributed by atoms with Crippen molar-refractivity contribution in [2.75, 3.05) is 13.2 Å². The molecular weight excluding hydrogens is 332 g/mol. The number of rotatable bonds is 2. The van der Waals surface area contributed by atoms with Crippen LogP contribution in [0, 0.1) is 6.92 Å². The maximum absolute atomic E-state index is 11.1. The molecule has 4 nitrogen and oxygen atoms in total. The first-order chi connectivity index (χ1) is 7.88. The van der Waals surface area contributed by atoms with Crippen molar-refractivity contribution in [2.45, 2.75) is 12.7 Å². The van der Waals surface area contributed by atoms with Gasteiger partial charge >= 0.3 is 0 Å². The molecule has 0 amide bonds. The molecule has 1 aliphatic heterocycles. The second-order valence-corrected chi connectivity index (χ2v) is 7.25. The molecule has 1 aliphatic rings. The van der Waals surface area contributed by atoms with Crippen molar-refractivity contribution in [3.8, 4) is 11.5 Å². The first kappa shape index (κ1) is 13.0. The Labute approximate surface area is 112 Å². The van der Waals surface area contributed by atoms with Gasteiger partial charge < -0.3 is 9.47 Å². The number of ether oxygens (including phenoxy) is 2. The van der Waals surface area contributed by atoms with Crippen LogP contribution in [0.5, 0.6) is 11.5 Å². The van der Waals surface area contributed by atoms with E-state index in [2.05, 4.69) is 15.9 Å². The largest absolute Gasteiger partial charge is 0.486 e. The minimum absolute atomic E-state index is 0.243. The summed E-state index contributed by atoms with van der Waals surface area (Å²) in [6, 6.07) is 1.64. The summed E-state index contributed by atoms with van der Waals surface area (Å²) in [5.74, 6) is 0.971. The third-order valence-electron chi connectivity index (χ3n) is 2.40. The zero-order valence-electron chi connectivity index (χ0n) is 9.00. The van der Waals surface area contributed by atoms with Gasteiger partial charge in [0.2, 0.25) is 9.05 Å². The molecule has 1 aromatic carbocycles. The van der Waals surface area contributed by atoms with Crippen molar-refractivity contribution >= 4 is 35.7 Å². The molecule has 0 radical (unpaired) electrons. The second kappa shape index (κ2) is 4.66. The summed E-state index contributed by atoms with van der Waals surface area (Å²) >= 11 is 3.35. The Hall–Kier alpha value is -0.460. The van der Waals surface area contributed by atoms with Crippen molar-refractivity contribution in [1.82, 2.24) is 0 Å². The van der Waals surface area contributed by atoms with Crippen molar-refractivity contribution in [1.29, 1.82) is 0 Å². The summed E-state index contributed by atoms with van der Waals surface area (Å²) in [5, 5.41) is 0. The van der Waals surface area contributed by atoms with E-state index in [1.165, 1.54) is 0 Å². The predicted octanol–water partition coefficient (Wildman–Crippen LogP) is 2.60. The summed E-state index contributed by atoms with van der Waals surface area (Å²) in [6.07, 6.45) is 0. The van der Waals surface area contributed by atoms with Crippen LogP contribution in [-0.4, -0.2) is 21.6 Å². The number of hydrogen-bond donors (Lipinski definition) is 0. The van der Waals surface area contributed by atoms with E-state index >= 15 is 0 Å². The lowest BCUT2D eigenvalue weighted by Gasteiger charge is -2.22. The number of fused-ring (bicyclic) bond motifs is 1. The molecule has 0 atom stereocenters. The van der Waals surface area contributed by atoms with E-state index in [0.717, 1.165) is 5.56 Å². The van der Waals surface area contributed by atoms with Gasteiger partial charge in [-0.1, -0.05) is 15.9 Å². The SMILES string of the molecule is Cc1c(Br)c(CS(=O)(=O)Cl)cc2c1OCCO2. The molecule has 7 heteroatoms. The summed E-state index contributed by atoms with van der Waals surface area (Å²) < 4.78 is 33.8. The van der Waals surface area contributed by atoms with E-state index in [4.69, 9.17) is 20.2 Å². The van der Waals surface area contributed by atoms with Crippen LogP contribution < -0.4 is 9.47 Å². The average Bonchev–Trinajstić information content (AvgIpc) is 2.24. The van der Waals surface area contributed by atoms with Crippen LogP contribution in [0.4, 0.5) is 0 Å². The molecule has 0 saturated heterocycles. The molecule has 2 rings (SSSR count). The van der Waals surface area contributed by atoms with Gasteiger partial charge in [-0.25, -0.2) is 8.42 Å². The van der Waals surface area contributed by atoms with Crippen molar-refractivity contribution in [3.63, 3.8) is 0 Å². The number of halogens is 2. The highest BCUT2D eigenvalue weighted by Gasteiger charge is 2.21. The van der Waals surface area contributed by atoms with Gasteiger partial charge in [0.05, 0.1) is 5.75 Å². The fourth-order valence-electron chi connectivity index (χ4n) is 1.69. The normalized spacial score (nSPS) is 14.8. The molecule has 0 unspecified atom stereocenters. The molecule has 17 heavy (non-hydrogen) atoms. The highest BCUT2D eigenvalue weighted by molar-refractivity contribution is 9.10. The Kier molecular flexibility index (Phi) is 3.56. The molecule has 0 bridgehead atoms. The van der Waals surface area contributed by atoms with E-state index in [1.54, 1.807) is 6.07 Å². The van der Waals surface area contributed by atoms with Gasteiger partial charge in [0.1, 0.15) is 13.2 Å². The van der Waals surface area contributed by atoms with E-state index < -0.39 is 9.05 Å². The van der Waals surface area contributed by atoms with Crippen LogP contribution in [0.1, 0.15) is 11.1 Å². The smallest absolute Gasteiger partial charge is 0.236 e. The summed E-state index contributed by atoms with van der Waals surface area (Å²) in [7, 11) is 1.66. The zero-order chi connectivity index (χ0) is 12.6. The van der Waals surface area contributed by atoms with Crippen LogP contribution >= 0.6 is 26.6 Å². The first-order valence-corrected chi connectivity index (χ1v) is 8.15. The van der Waals surface area contributed by atoms with E-state index in [9.17, 15) is 8.42 Å². The lowest BCUT2D eigenvalue weighted by atomic mass is 10.1. The molecule has 0 fully saturated rings. The third-order valence-corrected chi connectivity index (χ3v) is 4.48. The Bertz CT molecular complexity index is 556. The average molecular weight is 342 g/mol. The van der Waals surface area contributed by atoms with Crippen molar-refractivity contribution in [2.24, 2.45) is 0 Å². The Morgan fingerprint density at radius 2 is 2.06 bits per heavy atom. The lowest BCUT2D eigenvalue weighted by molar-refractivity contribution is 0.170. The summed E-state index contributed by atoms with van der Waals surface area (Å²) in [4.78, 5) is 0. The van der Waals surface area contributed by atoms with Crippen molar-refractivity contribution < 1.29 is 17.9 Å². The second-order valence-electron chi connectivity index (χ2n) is 3.68. The van der Waals surface area contributed by atoms with E-state index in [0.29, 0.717) is 34.7 Å². The molecule has 0 N–H and O–H groups in total. The van der Waals surface area contributed by atoms with Gasteiger partial charge in [-0.3, -0.25) is 0 Å². The van der Waals surface area contributed by atoms with Gasteiger partial charge in [0, 0.05) is 20.7 Å². The highest BCUT2D eigenvalue weighted by atomic mass is 79.9. The molecule has 0 aromatic heterocycles. The Morgan fingerprint density at radius 1 is 1.41 bits per heavy atom. The fourth-order valence-corrected chi connectivity index (χ4v) is 3.26. The third kappa shape index (κ3) is 2.86. The van der Waals surface area contributed by atoms with Gasteiger partial charge in [-0.15, -0.1) is 0 Å². The molecule has 94 valence electrons. The number of hydrogen-bond acceptors (Lipinski definition) is 4. The van der Waals surface area contributed by atoms with Crippen LogP contribution in [0.25, 0.3) is 0 Å². The van der Waals surface area contributed by atoms with Crippen LogP contribution in [0.15, 0.2) is 10.5 Å². The minimum Gasteiger partial charge on any atom is -0.486 e. The molecule has 1 heterocycles. The Morgan fingerprint density at radius 3 is 2.71 bits per heavy atom. The maximum atomic E-state index is 11.1. The first-order valence-electron chi connectivity index (χ1n) is 4.88. The number of benzene rings is 1. The summed E-state index contributed by atoms with van der Waals surface area (Å²) in [5.41, 5.74) is 1.39. The van der Waals surface area contributed by atoms with Crippen LogP contribution in [0.2, 0.25) is 0 Å². The van der Waals surface area contributed by atoms with Crippen LogP contribution in [-0.2, 0) is 14.8 Å². The minimum atomic E-state index is -3.60. The lowest BCUT2D eigenvalue weighted by Crippen LogP contribution is -2.17. The molecule has 0 spiro atoms. The molecule has 1 aromatic rings. The standard InChI is InChI=1S/C10H10BrClO4S/c1-6-9(11)7(5-17(12,13)14)4-8-10(6)16-3-2-15-8/h4H,2-3,5H2,1H3. The maximum Gasteiger partial charge on any atom is 0.236 e. The van der Waals surface area contributed by atoms with Gasteiger partial charge in [0.15, 0.2) is 11.5 Å². The highest BCUT2D eigenvalue weighted by Crippen LogP contribution is 2.40. The molecule has 0 saturated carbocycles. The van der Waals surface area contributed by atoms with Crippen molar-refractivity contribution in [3.05, 3.63) is 21.7 Å². The van der Waals surface area contributed by atoms with Gasteiger partial charge in [0.25, 0.3) is 0 Å². The van der Waals surface area contributed by atoms with E-state index in [-0.39, 0.29) is 5.75 Å². The zero-order valence-corrected chi connectivity index (χ0v) is 12.2. The molecule has 0 aliphatic carbocycles. The van der Waals surface area contributed by atoms with Crippen LogP contribution in [0.3, 0.4) is 0 Å². The fraction of sp³-hybridized carbons (Fsp3) is 0.400. The quantitative estimate of drug-likeness (QED) is 0.776. The Balaban J connectivity index is 2.51. The van der Waals surface area contributed by atoms with Gasteiger partial charge in [-0.05, 0) is 18.6 Å². The summed E-state index contributed by atoms with van der Waals surface area (Å²) in [6.45, 7) is 2.79.